The van der Waals surface area contributed by atoms with Crippen molar-refractivity contribution in [2.45, 2.75) is 38.0 Å². The third-order valence-electron chi connectivity index (χ3n) is 3.39. The van der Waals surface area contributed by atoms with Crippen LogP contribution in [0.4, 0.5) is 0 Å². The van der Waals surface area contributed by atoms with E-state index < -0.39 is 8.07 Å². The molecule has 2 aliphatic rings. The molecular weight excluding hydrogens is 148 g/mol. The molecule has 2 rings (SSSR count). The van der Waals surface area contributed by atoms with Gasteiger partial charge in [0, 0.05) is 8.07 Å². The van der Waals surface area contributed by atoms with Crippen LogP contribution in [-0.2, 0) is 0 Å². The lowest BCUT2D eigenvalue weighted by Crippen LogP contribution is -2.30. The number of hydrogen-bond acceptors (Lipinski definition) is 0. The van der Waals surface area contributed by atoms with Crippen LogP contribution in [0, 0.1) is 11.8 Å². The van der Waals surface area contributed by atoms with E-state index in [1.165, 1.54) is 12.8 Å². The van der Waals surface area contributed by atoms with Crippen molar-refractivity contribution in [3.05, 3.63) is 12.2 Å². The molecule has 2 aliphatic carbocycles. The Kier molecular flexibility index (Phi) is 1.54. The van der Waals surface area contributed by atoms with Gasteiger partial charge in [0.15, 0.2) is 0 Å². The molecule has 1 saturated carbocycles. The Balaban J connectivity index is 2.15. The Hall–Kier alpha value is -0.0431. The SMILES string of the molecule is C[Si](C)(C)[C@H]1CC2C=CC1C2. The molecular formula is C10H18Si. The molecule has 1 fully saturated rings. The highest BCUT2D eigenvalue weighted by molar-refractivity contribution is 6.77. The lowest BCUT2D eigenvalue weighted by molar-refractivity contribution is 0.675. The van der Waals surface area contributed by atoms with Crippen LogP contribution >= 0.6 is 0 Å². The monoisotopic (exact) mass is 166 g/mol. The van der Waals surface area contributed by atoms with Crippen molar-refractivity contribution in [2.75, 3.05) is 0 Å². The van der Waals surface area contributed by atoms with Gasteiger partial charge in [0.05, 0.1) is 0 Å². The second-order valence-electron chi connectivity index (χ2n) is 5.25. The Morgan fingerprint density at radius 2 is 1.82 bits per heavy atom. The molecule has 0 aromatic carbocycles. The second-order valence-corrected chi connectivity index (χ2v) is 10.7. The summed E-state index contributed by atoms with van der Waals surface area (Å²) in [7, 11) is -0.829. The van der Waals surface area contributed by atoms with Crippen LogP contribution in [-0.4, -0.2) is 8.07 Å². The quantitative estimate of drug-likeness (QED) is 0.414. The van der Waals surface area contributed by atoms with E-state index in [1.54, 1.807) is 0 Å². The summed E-state index contributed by atoms with van der Waals surface area (Å²) in [6.07, 6.45) is 7.92. The molecule has 0 heterocycles. The van der Waals surface area contributed by atoms with Gasteiger partial charge in [0.25, 0.3) is 0 Å². The summed E-state index contributed by atoms with van der Waals surface area (Å²) in [5.74, 6) is 1.95. The van der Waals surface area contributed by atoms with Gasteiger partial charge < -0.3 is 0 Å². The summed E-state index contributed by atoms with van der Waals surface area (Å²) in [4.78, 5) is 0. The first-order chi connectivity index (χ1) is 5.07. The molecule has 0 spiro atoms. The molecule has 3 atom stereocenters. The minimum absolute atomic E-state index is 0.829. The van der Waals surface area contributed by atoms with Gasteiger partial charge in [-0.15, -0.1) is 0 Å². The van der Waals surface area contributed by atoms with Gasteiger partial charge in [0.1, 0.15) is 0 Å². The summed E-state index contributed by atoms with van der Waals surface area (Å²) in [5.41, 5.74) is 1.09. The van der Waals surface area contributed by atoms with Crippen molar-refractivity contribution >= 4 is 8.07 Å². The van der Waals surface area contributed by atoms with Crippen molar-refractivity contribution in [2.24, 2.45) is 11.8 Å². The molecule has 0 radical (unpaired) electrons. The molecule has 0 N–H and O–H groups in total. The third-order valence-corrected chi connectivity index (χ3v) is 6.28. The second kappa shape index (κ2) is 2.22. The molecule has 0 amide bonds. The molecule has 11 heavy (non-hydrogen) atoms. The van der Waals surface area contributed by atoms with Crippen LogP contribution in [0.25, 0.3) is 0 Å². The van der Waals surface area contributed by atoms with E-state index in [2.05, 4.69) is 31.8 Å². The predicted molar refractivity (Wildman–Crippen MR) is 52.5 cm³/mol. The highest BCUT2D eigenvalue weighted by Gasteiger charge is 2.42. The molecule has 2 unspecified atom stereocenters. The van der Waals surface area contributed by atoms with E-state index in [0.717, 1.165) is 17.4 Å². The molecule has 2 bridgehead atoms. The van der Waals surface area contributed by atoms with E-state index in [-0.39, 0.29) is 0 Å². The summed E-state index contributed by atoms with van der Waals surface area (Å²) < 4.78 is 0. The first kappa shape index (κ1) is 7.60. The standard InChI is InChI=1S/C10H18Si/c1-11(2,3)10-7-8-4-5-9(10)6-8/h4-5,8-10H,6-7H2,1-3H3/t8?,9?,10-/m0/s1. The van der Waals surface area contributed by atoms with Crippen molar-refractivity contribution in [3.8, 4) is 0 Å². The molecule has 1 heteroatoms. The Morgan fingerprint density at radius 1 is 1.09 bits per heavy atom. The zero-order valence-electron chi connectivity index (χ0n) is 7.80. The van der Waals surface area contributed by atoms with Gasteiger partial charge in [-0.3, -0.25) is 0 Å². The van der Waals surface area contributed by atoms with Crippen LogP contribution in [0.15, 0.2) is 12.2 Å². The Morgan fingerprint density at radius 3 is 2.09 bits per heavy atom. The molecule has 0 aromatic heterocycles. The summed E-state index contributed by atoms with van der Waals surface area (Å²) >= 11 is 0. The molecule has 0 aliphatic heterocycles. The highest BCUT2D eigenvalue weighted by Crippen LogP contribution is 2.51. The van der Waals surface area contributed by atoms with Gasteiger partial charge in [-0.25, -0.2) is 0 Å². The van der Waals surface area contributed by atoms with Gasteiger partial charge in [-0.05, 0) is 30.2 Å². The van der Waals surface area contributed by atoms with Crippen LogP contribution < -0.4 is 0 Å². The summed E-state index contributed by atoms with van der Waals surface area (Å²) in [6, 6.07) is 0. The van der Waals surface area contributed by atoms with E-state index in [0.29, 0.717) is 0 Å². The Bertz CT molecular complexity index is 188. The lowest BCUT2D eigenvalue weighted by atomic mass is 10.1. The van der Waals surface area contributed by atoms with Gasteiger partial charge in [0.2, 0.25) is 0 Å². The molecule has 0 aromatic rings. The topological polar surface area (TPSA) is 0 Å². The van der Waals surface area contributed by atoms with Gasteiger partial charge >= 0.3 is 0 Å². The Labute approximate surface area is 70.7 Å². The average molecular weight is 166 g/mol. The number of hydrogen-bond donors (Lipinski definition) is 0. The maximum absolute atomic E-state index is 2.52. The first-order valence-corrected chi connectivity index (χ1v) is 8.33. The normalized spacial score (nSPS) is 41.9. The van der Waals surface area contributed by atoms with Crippen LogP contribution in [0.1, 0.15) is 12.8 Å². The fourth-order valence-corrected chi connectivity index (χ4v) is 5.32. The fraction of sp³-hybridized carbons (Fsp3) is 0.800. The van der Waals surface area contributed by atoms with E-state index in [4.69, 9.17) is 0 Å². The molecule has 0 nitrogen and oxygen atoms in total. The number of allylic oxidation sites excluding steroid dienone is 2. The van der Waals surface area contributed by atoms with Gasteiger partial charge in [-0.1, -0.05) is 31.8 Å². The molecule has 0 saturated heterocycles. The maximum Gasteiger partial charge on any atom is 0.0479 e. The first-order valence-electron chi connectivity index (χ1n) is 4.76. The zero-order chi connectivity index (χ0) is 8.06. The van der Waals surface area contributed by atoms with E-state index >= 15 is 0 Å². The fourth-order valence-electron chi connectivity index (χ4n) is 2.78. The average Bonchev–Trinajstić information content (AvgIpc) is 2.42. The van der Waals surface area contributed by atoms with Crippen LogP contribution in [0.2, 0.25) is 25.2 Å². The van der Waals surface area contributed by atoms with Crippen LogP contribution in [0.3, 0.4) is 0 Å². The van der Waals surface area contributed by atoms with Crippen molar-refractivity contribution in [1.82, 2.24) is 0 Å². The van der Waals surface area contributed by atoms with Crippen molar-refractivity contribution < 1.29 is 0 Å². The van der Waals surface area contributed by atoms with E-state index in [9.17, 15) is 0 Å². The minimum Gasteiger partial charge on any atom is -0.0851 e. The number of rotatable bonds is 1. The third kappa shape index (κ3) is 1.20. The predicted octanol–water partition coefficient (Wildman–Crippen LogP) is 3.29. The summed E-state index contributed by atoms with van der Waals surface area (Å²) in [5, 5.41) is 0. The maximum atomic E-state index is 2.52. The molecule has 62 valence electrons. The van der Waals surface area contributed by atoms with Crippen molar-refractivity contribution in [1.29, 1.82) is 0 Å². The number of fused-ring (bicyclic) bond motifs is 2. The van der Waals surface area contributed by atoms with Crippen LogP contribution in [0.5, 0.6) is 0 Å². The van der Waals surface area contributed by atoms with Crippen molar-refractivity contribution in [3.63, 3.8) is 0 Å². The van der Waals surface area contributed by atoms with E-state index in [1.807, 2.05) is 0 Å². The smallest absolute Gasteiger partial charge is 0.0479 e. The van der Waals surface area contributed by atoms with Gasteiger partial charge in [-0.2, -0.15) is 0 Å². The highest BCUT2D eigenvalue weighted by atomic mass is 28.3. The minimum atomic E-state index is -0.829. The zero-order valence-corrected chi connectivity index (χ0v) is 8.80. The lowest BCUT2D eigenvalue weighted by Gasteiger charge is -2.30. The largest absolute Gasteiger partial charge is 0.0851 e. The summed E-state index contributed by atoms with van der Waals surface area (Å²) in [6.45, 7) is 7.56.